The third-order valence-corrected chi connectivity index (χ3v) is 4.03. The Kier molecular flexibility index (Phi) is 3.37. The molecule has 0 spiro atoms. The average Bonchev–Trinajstić information content (AvgIpc) is 2.96. The van der Waals surface area contributed by atoms with Gasteiger partial charge in [-0.3, -0.25) is 14.2 Å². The molecule has 5 heteroatoms. The van der Waals surface area contributed by atoms with Gasteiger partial charge in [0.05, 0.1) is 17.5 Å². The first-order chi connectivity index (χ1) is 9.99. The van der Waals surface area contributed by atoms with E-state index in [-0.39, 0.29) is 17.3 Å². The number of aromatic nitrogens is 2. The molecular weight excluding hydrogens is 268 g/mol. The molecule has 1 aromatic heterocycles. The van der Waals surface area contributed by atoms with E-state index in [1.54, 1.807) is 23.7 Å². The first-order valence-electron chi connectivity index (χ1n) is 7.09. The standard InChI is InChI=1S/C16H18N2O3/c1-9-6-12(10(2)19)14-13(7-9)16(20)18(3)15(17-14)11-4-5-21-8-11/h6-7,11H,4-5,8H2,1-3H3. The number of hydrogen-bond donors (Lipinski definition) is 0. The highest BCUT2D eigenvalue weighted by atomic mass is 16.5. The van der Waals surface area contributed by atoms with E-state index in [4.69, 9.17) is 4.74 Å². The first-order valence-corrected chi connectivity index (χ1v) is 7.09. The molecule has 1 fully saturated rings. The number of carbonyl (C=O) groups is 1. The monoisotopic (exact) mass is 286 g/mol. The Balaban J connectivity index is 2.35. The lowest BCUT2D eigenvalue weighted by atomic mass is 10.0. The molecule has 2 aromatic rings. The number of fused-ring (bicyclic) bond motifs is 1. The van der Waals surface area contributed by atoms with Gasteiger partial charge >= 0.3 is 0 Å². The van der Waals surface area contributed by atoms with Crippen LogP contribution in [0.3, 0.4) is 0 Å². The van der Waals surface area contributed by atoms with Gasteiger partial charge in [0.1, 0.15) is 5.82 Å². The summed E-state index contributed by atoms with van der Waals surface area (Å²) < 4.78 is 6.98. The van der Waals surface area contributed by atoms with Crippen LogP contribution in [0.25, 0.3) is 10.9 Å². The number of rotatable bonds is 2. The highest BCUT2D eigenvalue weighted by Crippen LogP contribution is 2.25. The van der Waals surface area contributed by atoms with E-state index >= 15 is 0 Å². The fraction of sp³-hybridized carbons (Fsp3) is 0.438. The van der Waals surface area contributed by atoms with Gasteiger partial charge in [-0.05, 0) is 38.0 Å². The zero-order valence-electron chi connectivity index (χ0n) is 12.5. The minimum Gasteiger partial charge on any atom is -0.381 e. The minimum atomic E-state index is -0.104. The molecule has 5 nitrogen and oxygen atoms in total. The number of carbonyl (C=O) groups excluding carboxylic acids is 1. The molecule has 1 atom stereocenters. The van der Waals surface area contributed by atoms with Gasteiger partial charge in [0, 0.05) is 25.1 Å². The molecule has 1 aliphatic heterocycles. The van der Waals surface area contributed by atoms with Gasteiger partial charge < -0.3 is 4.74 Å². The van der Waals surface area contributed by atoms with Crippen molar-refractivity contribution in [1.82, 2.24) is 9.55 Å². The summed E-state index contributed by atoms with van der Waals surface area (Å²) in [6.07, 6.45) is 0.854. The van der Waals surface area contributed by atoms with E-state index < -0.39 is 0 Å². The maximum atomic E-state index is 12.6. The molecule has 0 N–H and O–H groups in total. The SMILES string of the molecule is CC(=O)c1cc(C)cc2c(=O)n(C)c(C3CCOC3)nc12. The molecule has 0 radical (unpaired) electrons. The zero-order chi connectivity index (χ0) is 15.1. The number of ketones is 1. The van der Waals surface area contributed by atoms with Crippen LogP contribution in [-0.2, 0) is 11.8 Å². The molecule has 3 rings (SSSR count). The summed E-state index contributed by atoms with van der Waals surface area (Å²) in [5.74, 6) is 0.752. The van der Waals surface area contributed by atoms with Gasteiger partial charge in [0.15, 0.2) is 5.78 Å². The normalized spacial score (nSPS) is 18.3. The van der Waals surface area contributed by atoms with Gasteiger partial charge in [-0.25, -0.2) is 4.98 Å². The predicted molar refractivity (Wildman–Crippen MR) is 79.9 cm³/mol. The number of hydrogen-bond acceptors (Lipinski definition) is 4. The van der Waals surface area contributed by atoms with Crippen LogP contribution >= 0.6 is 0 Å². The van der Waals surface area contributed by atoms with E-state index in [2.05, 4.69) is 4.98 Å². The summed E-state index contributed by atoms with van der Waals surface area (Å²) in [4.78, 5) is 29.1. The van der Waals surface area contributed by atoms with Crippen LogP contribution in [0.5, 0.6) is 0 Å². The van der Waals surface area contributed by atoms with Crippen molar-refractivity contribution in [3.05, 3.63) is 39.4 Å². The molecule has 2 heterocycles. The summed E-state index contributed by atoms with van der Waals surface area (Å²) >= 11 is 0. The summed E-state index contributed by atoms with van der Waals surface area (Å²) in [6, 6.07) is 3.60. The van der Waals surface area contributed by atoms with Crippen molar-refractivity contribution in [1.29, 1.82) is 0 Å². The Morgan fingerprint density at radius 3 is 2.81 bits per heavy atom. The molecule has 1 saturated heterocycles. The molecule has 1 aromatic carbocycles. The Hall–Kier alpha value is -2.01. The second-order valence-corrected chi connectivity index (χ2v) is 5.66. The largest absolute Gasteiger partial charge is 0.381 e. The van der Waals surface area contributed by atoms with Crippen molar-refractivity contribution in [3.63, 3.8) is 0 Å². The van der Waals surface area contributed by atoms with Gasteiger partial charge in [0.2, 0.25) is 0 Å². The molecule has 0 amide bonds. The van der Waals surface area contributed by atoms with E-state index in [1.165, 1.54) is 6.92 Å². The summed E-state index contributed by atoms with van der Waals surface area (Å²) in [5, 5.41) is 0.505. The van der Waals surface area contributed by atoms with E-state index in [0.29, 0.717) is 35.5 Å². The third kappa shape index (κ3) is 2.27. The number of benzene rings is 1. The van der Waals surface area contributed by atoms with Crippen LogP contribution in [0.1, 0.15) is 41.0 Å². The van der Waals surface area contributed by atoms with Crippen molar-refractivity contribution in [3.8, 4) is 0 Å². The Bertz CT molecular complexity index is 786. The molecule has 0 saturated carbocycles. The summed E-state index contributed by atoms with van der Waals surface area (Å²) in [5.41, 5.74) is 1.82. The summed E-state index contributed by atoms with van der Waals surface area (Å²) in [7, 11) is 1.73. The quantitative estimate of drug-likeness (QED) is 0.792. The second-order valence-electron chi connectivity index (χ2n) is 5.66. The number of ether oxygens (including phenoxy) is 1. The van der Waals surface area contributed by atoms with Gasteiger partial charge in [-0.1, -0.05) is 0 Å². The van der Waals surface area contributed by atoms with E-state index in [1.807, 2.05) is 6.92 Å². The second kappa shape index (κ2) is 5.07. The van der Waals surface area contributed by atoms with Crippen molar-refractivity contribution in [2.75, 3.05) is 13.2 Å². The van der Waals surface area contributed by atoms with Crippen LogP contribution < -0.4 is 5.56 Å². The van der Waals surface area contributed by atoms with Crippen LogP contribution in [-0.4, -0.2) is 28.5 Å². The molecule has 0 bridgehead atoms. The van der Waals surface area contributed by atoms with Crippen molar-refractivity contribution in [2.24, 2.45) is 7.05 Å². The fourth-order valence-corrected chi connectivity index (χ4v) is 2.91. The van der Waals surface area contributed by atoms with Crippen molar-refractivity contribution in [2.45, 2.75) is 26.2 Å². The van der Waals surface area contributed by atoms with E-state index in [0.717, 1.165) is 12.0 Å². The Morgan fingerprint density at radius 2 is 2.19 bits per heavy atom. The topological polar surface area (TPSA) is 61.2 Å². The van der Waals surface area contributed by atoms with Crippen LogP contribution in [0.2, 0.25) is 0 Å². The minimum absolute atomic E-state index is 0.0712. The lowest BCUT2D eigenvalue weighted by Gasteiger charge is -2.15. The average molecular weight is 286 g/mol. The Morgan fingerprint density at radius 1 is 1.43 bits per heavy atom. The zero-order valence-corrected chi connectivity index (χ0v) is 12.5. The lowest BCUT2D eigenvalue weighted by Crippen LogP contribution is -2.25. The van der Waals surface area contributed by atoms with Gasteiger partial charge in [-0.15, -0.1) is 0 Å². The van der Waals surface area contributed by atoms with Gasteiger partial charge in [0.25, 0.3) is 5.56 Å². The van der Waals surface area contributed by atoms with Gasteiger partial charge in [-0.2, -0.15) is 0 Å². The van der Waals surface area contributed by atoms with Crippen molar-refractivity contribution >= 4 is 16.7 Å². The first kappa shape index (κ1) is 13.9. The lowest BCUT2D eigenvalue weighted by molar-refractivity contribution is 0.101. The highest BCUT2D eigenvalue weighted by Gasteiger charge is 2.24. The third-order valence-electron chi connectivity index (χ3n) is 4.03. The highest BCUT2D eigenvalue weighted by molar-refractivity contribution is 6.05. The molecule has 0 aliphatic carbocycles. The predicted octanol–water partition coefficient (Wildman–Crippen LogP) is 1.95. The Labute approximate surface area is 122 Å². The number of Topliss-reactive ketones (excluding diaryl/α,β-unsaturated/α-hetero) is 1. The smallest absolute Gasteiger partial charge is 0.261 e. The maximum absolute atomic E-state index is 12.6. The summed E-state index contributed by atoms with van der Waals surface area (Å²) in [6.45, 7) is 4.65. The molecule has 21 heavy (non-hydrogen) atoms. The number of aryl methyl sites for hydroxylation is 1. The molecular formula is C16H18N2O3. The molecule has 1 unspecified atom stereocenters. The fourth-order valence-electron chi connectivity index (χ4n) is 2.91. The van der Waals surface area contributed by atoms with E-state index in [9.17, 15) is 9.59 Å². The maximum Gasteiger partial charge on any atom is 0.261 e. The number of nitrogens with zero attached hydrogens (tertiary/aromatic N) is 2. The van der Waals surface area contributed by atoms with Crippen LogP contribution in [0, 0.1) is 6.92 Å². The molecule has 1 aliphatic rings. The van der Waals surface area contributed by atoms with Crippen molar-refractivity contribution < 1.29 is 9.53 Å². The van der Waals surface area contributed by atoms with Crippen LogP contribution in [0.15, 0.2) is 16.9 Å². The molecule has 110 valence electrons. The van der Waals surface area contributed by atoms with Crippen LogP contribution in [0.4, 0.5) is 0 Å².